The molecule has 0 radical (unpaired) electrons. The van der Waals surface area contributed by atoms with Crippen LogP contribution in [0.3, 0.4) is 0 Å². The molecule has 1 fully saturated rings. The Morgan fingerprint density at radius 1 is 0.812 bits per heavy atom. The molecule has 0 spiro atoms. The van der Waals surface area contributed by atoms with Crippen LogP contribution in [0.2, 0.25) is 0 Å². The molecule has 32 heavy (non-hydrogen) atoms. The predicted octanol–water partition coefficient (Wildman–Crippen LogP) is 4.45. The second-order valence-electron chi connectivity index (χ2n) is 7.93. The van der Waals surface area contributed by atoms with Gasteiger partial charge in [-0.05, 0) is 42.0 Å². The number of Topliss-reactive ketones (excluding diaryl/α,β-unsaturated/α-hetero) is 1. The van der Waals surface area contributed by atoms with Crippen molar-refractivity contribution in [3.63, 3.8) is 0 Å². The summed E-state index contributed by atoms with van der Waals surface area (Å²) in [6.45, 7) is 4.87. The van der Waals surface area contributed by atoms with Crippen LogP contribution in [0.25, 0.3) is 0 Å². The average Bonchev–Trinajstić information content (AvgIpc) is 3.27. The molecule has 0 aliphatic carbocycles. The number of carbonyl (C=O) groups excluding carboxylic acids is 1. The highest BCUT2D eigenvalue weighted by Gasteiger charge is 2.39. The van der Waals surface area contributed by atoms with Crippen molar-refractivity contribution in [1.82, 2.24) is 0 Å². The maximum absolute atomic E-state index is 12.6. The van der Waals surface area contributed by atoms with E-state index in [1.54, 1.807) is 6.92 Å². The summed E-state index contributed by atoms with van der Waals surface area (Å²) >= 11 is 0. The lowest BCUT2D eigenvalue weighted by atomic mass is 10.1. The second kappa shape index (κ2) is 8.85. The Morgan fingerprint density at radius 3 is 2.00 bits per heavy atom. The van der Waals surface area contributed by atoms with Gasteiger partial charge in [0.25, 0.3) is 0 Å². The molecule has 1 atom stereocenters. The molecule has 0 unspecified atom stereocenters. The third-order valence-corrected chi connectivity index (χ3v) is 5.84. The van der Waals surface area contributed by atoms with Crippen LogP contribution in [0.4, 0.5) is 17.1 Å². The number of hydrazone groups is 1. The normalized spacial score (nSPS) is 18.6. The van der Waals surface area contributed by atoms with Crippen LogP contribution in [0.5, 0.6) is 0 Å². The molecule has 0 N–H and O–H groups in total. The number of morpholine rings is 1. The van der Waals surface area contributed by atoms with Gasteiger partial charge in [0, 0.05) is 31.4 Å². The fraction of sp³-hybridized carbons (Fsp3) is 0.231. The highest BCUT2D eigenvalue weighted by Crippen LogP contribution is 2.39. The van der Waals surface area contributed by atoms with E-state index in [2.05, 4.69) is 29.2 Å². The van der Waals surface area contributed by atoms with Gasteiger partial charge in [0.05, 0.1) is 18.9 Å². The number of nitrogens with zero attached hydrogens (tertiary/aromatic N) is 4. The monoisotopic (exact) mass is 426 g/mol. The quantitative estimate of drug-likeness (QED) is 0.603. The van der Waals surface area contributed by atoms with Crippen molar-refractivity contribution in [2.24, 2.45) is 5.10 Å². The Morgan fingerprint density at radius 2 is 1.41 bits per heavy atom. The molecule has 3 aromatic carbocycles. The van der Waals surface area contributed by atoms with E-state index in [1.165, 1.54) is 5.69 Å². The van der Waals surface area contributed by atoms with Crippen LogP contribution < -0.4 is 14.8 Å². The molecular formula is C26H26N4O2. The molecule has 3 aromatic rings. The van der Waals surface area contributed by atoms with Crippen LogP contribution in [-0.2, 0) is 9.53 Å². The van der Waals surface area contributed by atoms with Crippen molar-refractivity contribution < 1.29 is 9.53 Å². The van der Waals surface area contributed by atoms with E-state index in [4.69, 9.17) is 9.84 Å². The smallest absolute Gasteiger partial charge is 0.198 e. The van der Waals surface area contributed by atoms with E-state index >= 15 is 0 Å². The number of rotatable bonds is 5. The van der Waals surface area contributed by atoms with Gasteiger partial charge in [-0.15, -0.1) is 5.10 Å². The Bertz CT molecular complexity index is 1090. The minimum atomic E-state index is -0.266. The van der Waals surface area contributed by atoms with Gasteiger partial charge in [-0.1, -0.05) is 48.5 Å². The predicted molar refractivity (Wildman–Crippen MR) is 128 cm³/mol. The van der Waals surface area contributed by atoms with Gasteiger partial charge in [-0.3, -0.25) is 9.69 Å². The summed E-state index contributed by atoms with van der Waals surface area (Å²) in [5, 5.41) is 6.72. The van der Waals surface area contributed by atoms with E-state index in [-0.39, 0.29) is 11.9 Å². The zero-order valence-corrected chi connectivity index (χ0v) is 18.1. The van der Waals surface area contributed by atoms with Gasteiger partial charge in [0.15, 0.2) is 17.8 Å². The Balaban J connectivity index is 1.57. The van der Waals surface area contributed by atoms with Crippen molar-refractivity contribution in [1.29, 1.82) is 0 Å². The number of benzene rings is 3. The summed E-state index contributed by atoms with van der Waals surface area (Å²) < 4.78 is 5.48. The first kappa shape index (κ1) is 20.3. The number of hydrogen-bond acceptors (Lipinski definition) is 6. The van der Waals surface area contributed by atoms with E-state index in [9.17, 15) is 4.79 Å². The van der Waals surface area contributed by atoms with Gasteiger partial charge in [-0.25, -0.2) is 5.01 Å². The molecule has 162 valence electrons. The summed E-state index contributed by atoms with van der Waals surface area (Å²) in [7, 11) is 0. The van der Waals surface area contributed by atoms with Crippen LogP contribution in [0, 0.1) is 0 Å². The summed E-state index contributed by atoms with van der Waals surface area (Å²) in [6.07, 6.45) is -0.266. The molecule has 0 aromatic heterocycles. The van der Waals surface area contributed by atoms with Gasteiger partial charge in [0.2, 0.25) is 0 Å². The molecule has 2 aliphatic heterocycles. The van der Waals surface area contributed by atoms with Crippen LogP contribution in [-0.4, -0.2) is 37.9 Å². The number of para-hydroxylation sites is 2. The Hall–Kier alpha value is -3.64. The number of anilines is 3. The standard InChI is InChI=1S/C26H26N4O2/c1-20(31)25-27-30(24-10-6-3-7-11-24)26(29(25)23-8-4-2-5-9-23)21-12-14-22(15-13-21)28-16-18-32-19-17-28/h2-15,26H,16-19H2,1H3/t26-/m0/s1. The van der Waals surface area contributed by atoms with Crippen molar-refractivity contribution in [3.05, 3.63) is 90.5 Å². The summed E-state index contributed by atoms with van der Waals surface area (Å²) in [4.78, 5) is 17.0. The maximum Gasteiger partial charge on any atom is 0.198 e. The fourth-order valence-corrected chi connectivity index (χ4v) is 4.27. The first-order valence-electron chi connectivity index (χ1n) is 10.9. The van der Waals surface area contributed by atoms with Crippen molar-refractivity contribution in [2.75, 3.05) is 41.1 Å². The first-order valence-corrected chi connectivity index (χ1v) is 10.9. The zero-order valence-electron chi connectivity index (χ0n) is 18.1. The minimum Gasteiger partial charge on any atom is -0.378 e. The van der Waals surface area contributed by atoms with Crippen LogP contribution in [0.1, 0.15) is 18.7 Å². The molecule has 6 heteroatoms. The van der Waals surface area contributed by atoms with Crippen LogP contribution >= 0.6 is 0 Å². The number of ether oxygens (including phenoxy) is 1. The summed E-state index contributed by atoms with van der Waals surface area (Å²) in [5.74, 6) is 0.365. The molecule has 0 amide bonds. The minimum absolute atomic E-state index is 0.0674. The highest BCUT2D eigenvalue weighted by molar-refractivity contribution is 6.44. The number of hydrogen-bond donors (Lipinski definition) is 0. The van der Waals surface area contributed by atoms with Crippen molar-refractivity contribution in [2.45, 2.75) is 13.1 Å². The Kier molecular flexibility index (Phi) is 5.60. The van der Waals surface area contributed by atoms with Gasteiger partial charge in [0.1, 0.15) is 0 Å². The summed E-state index contributed by atoms with van der Waals surface area (Å²) in [6, 6.07) is 28.6. The number of amidine groups is 1. The highest BCUT2D eigenvalue weighted by atomic mass is 16.5. The SMILES string of the molecule is CC(=O)C1=NN(c2ccccc2)[C@@H](c2ccc(N3CCOCC3)cc2)N1c1ccccc1. The second-order valence-corrected chi connectivity index (χ2v) is 7.93. The molecule has 0 saturated carbocycles. The van der Waals surface area contributed by atoms with Gasteiger partial charge in [-0.2, -0.15) is 0 Å². The molecule has 2 heterocycles. The molecule has 1 saturated heterocycles. The van der Waals surface area contributed by atoms with Crippen molar-refractivity contribution >= 4 is 28.7 Å². The third kappa shape index (κ3) is 3.85. The third-order valence-electron chi connectivity index (χ3n) is 5.84. The topological polar surface area (TPSA) is 48.4 Å². The number of ketones is 1. The fourth-order valence-electron chi connectivity index (χ4n) is 4.27. The molecular weight excluding hydrogens is 400 g/mol. The van der Waals surface area contributed by atoms with E-state index in [1.807, 2.05) is 70.6 Å². The number of carbonyl (C=O) groups is 1. The van der Waals surface area contributed by atoms with Crippen LogP contribution in [0.15, 0.2) is 90.0 Å². The maximum atomic E-state index is 12.6. The van der Waals surface area contributed by atoms with Gasteiger partial charge < -0.3 is 9.64 Å². The molecule has 5 rings (SSSR count). The molecule has 6 nitrogen and oxygen atoms in total. The Labute approximate surface area is 188 Å². The van der Waals surface area contributed by atoms with Crippen molar-refractivity contribution in [3.8, 4) is 0 Å². The average molecular weight is 427 g/mol. The van der Waals surface area contributed by atoms with E-state index < -0.39 is 0 Å². The zero-order chi connectivity index (χ0) is 21.9. The lowest BCUT2D eigenvalue weighted by molar-refractivity contribution is -0.111. The van der Waals surface area contributed by atoms with Gasteiger partial charge >= 0.3 is 0 Å². The largest absolute Gasteiger partial charge is 0.378 e. The lowest BCUT2D eigenvalue weighted by Crippen LogP contribution is -2.38. The lowest BCUT2D eigenvalue weighted by Gasteiger charge is -2.33. The molecule has 2 aliphatic rings. The summed E-state index contributed by atoms with van der Waals surface area (Å²) in [5.41, 5.74) is 4.11. The molecule has 0 bridgehead atoms. The van der Waals surface area contributed by atoms with E-state index in [0.29, 0.717) is 5.84 Å². The van der Waals surface area contributed by atoms with E-state index in [0.717, 1.165) is 43.2 Å². The first-order chi connectivity index (χ1) is 15.7.